The van der Waals surface area contributed by atoms with E-state index in [1.807, 2.05) is 31.2 Å². The Kier molecular flexibility index (Phi) is 4.70. The van der Waals surface area contributed by atoms with Gasteiger partial charge in [-0.2, -0.15) is 0 Å². The van der Waals surface area contributed by atoms with E-state index in [2.05, 4.69) is 13.5 Å². The number of ether oxygens (including phenoxy) is 1. The van der Waals surface area contributed by atoms with E-state index in [0.29, 0.717) is 12.5 Å². The summed E-state index contributed by atoms with van der Waals surface area (Å²) in [5, 5.41) is 0.754. The van der Waals surface area contributed by atoms with Crippen molar-refractivity contribution in [2.75, 3.05) is 6.61 Å². The van der Waals surface area contributed by atoms with Gasteiger partial charge in [0.1, 0.15) is 5.75 Å². The summed E-state index contributed by atoms with van der Waals surface area (Å²) in [6, 6.07) is 5.75. The fraction of sp³-hybridized carbons (Fsp3) is 0.385. The van der Waals surface area contributed by atoms with Gasteiger partial charge in [0.05, 0.1) is 6.61 Å². The normalized spacial score (nSPS) is 12.2. The highest BCUT2D eigenvalue weighted by atomic mass is 35.5. The second-order valence-corrected chi connectivity index (χ2v) is 4.04. The molecular formula is C13H17ClO. The van der Waals surface area contributed by atoms with E-state index < -0.39 is 0 Å². The summed E-state index contributed by atoms with van der Waals surface area (Å²) in [6.45, 7) is 8.57. The third-order valence-corrected chi connectivity index (χ3v) is 2.50. The van der Waals surface area contributed by atoms with Crippen LogP contribution in [0.2, 0.25) is 5.02 Å². The first-order chi connectivity index (χ1) is 7.17. The molecule has 0 saturated heterocycles. The summed E-state index contributed by atoms with van der Waals surface area (Å²) in [7, 11) is 0. The molecule has 0 aliphatic heterocycles. The predicted molar refractivity (Wildman–Crippen MR) is 65.7 cm³/mol. The summed E-state index contributed by atoms with van der Waals surface area (Å²) in [4.78, 5) is 0. The standard InChI is InChI=1S/C13H17ClO/c1-4-10(3)8-11-9-12(14)6-7-13(11)15-5-2/h4,6-7,9-10H,1,5,8H2,2-3H3. The maximum absolute atomic E-state index is 5.96. The molecular weight excluding hydrogens is 208 g/mol. The molecule has 0 amide bonds. The lowest BCUT2D eigenvalue weighted by atomic mass is 10.0. The molecule has 0 aliphatic rings. The zero-order valence-corrected chi connectivity index (χ0v) is 10.1. The molecule has 0 aromatic heterocycles. The van der Waals surface area contributed by atoms with E-state index in [4.69, 9.17) is 16.3 Å². The monoisotopic (exact) mass is 224 g/mol. The Hall–Kier alpha value is -0.950. The van der Waals surface area contributed by atoms with E-state index in [1.165, 1.54) is 0 Å². The summed E-state index contributed by atoms with van der Waals surface area (Å²) < 4.78 is 5.54. The second kappa shape index (κ2) is 5.82. The molecule has 2 heteroatoms. The van der Waals surface area contributed by atoms with Crippen LogP contribution in [0.1, 0.15) is 19.4 Å². The van der Waals surface area contributed by atoms with E-state index in [0.717, 1.165) is 22.8 Å². The van der Waals surface area contributed by atoms with Crippen LogP contribution in [0, 0.1) is 5.92 Å². The highest BCUT2D eigenvalue weighted by Gasteiger charge is 2.07. The molecule has 0 aliphatic carbocycles. The summed E-state index contributed by atoms with van der Waals surface area (Å²) in [6.07, 6.45) is 2.86. The zero-order chi connectivity index (χ0) is 11.3. The van der Waals surface area contributed by atoms with Gasteiger partial charge in [0, 0.05) is 5.02 Å². The van der Waals surface area contributed by atoms with Crippen molar-refractivity contribution in [3.05, 3.63) is 41.4 Å². The Balaban J connectivity index is 2.90. The molecule has 15 heavy (non-hydrogen) atoms. The Morgan fingerprint density at radius 2 is 2.27 bits per heavy atom. The molecule has 1 unspecified atom stereocenters. The van der Waals surface area contributed by atoms with E-state index in [-0.39, 0.29) is 0 Å². The van der Waals surface area contributed by atoms with Crippen LogP contribution in [0.3, 0.4) is 0 Å². The van der Waals surface area contributed by atoms with E-state index in [1.54, 1.807) is 0 Å². The van der Waals surface area contributed by atoms with Gasteiger partial charge >= 0.3 is 0 Å². The van der Waals surface area contributed by atoms with Crippen LogP contribution in [0.4, 0.5) is 0 Å². The van der Waals surface area contributed by atoms with Crippen molar-refractivity contribution >= 4 is 11.6 Å². The Morgan fingerprint density at radius 3 is 2.87 bits per heavy atom. The van der Waals surface area contributed by atoms with Gasteiger partial charge in [-0.1, -0.05) is 24.6 Å². The predicted octanol–water partition coefficient (Wildman–Crippen LogP) is 4.10. The molecule has 1 nitrogen and oxygen atoms in total. The molecule has 0 N–H and O–H groups in total. The Labute approximate surface area is 96.7 Å². The molecule has 1 rings (SSSR count). The number of halogens is 1. The van der Waals surface area contributed by atoms with Crippen LogP contribution in [0.5, 0.6) is 5.75 Å². The number of benzene rings is 1. The lowest BCUT2D eigenvalue weighted by Gasteiger charge is -2.12. The van der Waals surface area contributed by atoms with E-state index >= 15 is 0 Å². The fourth-order valence-electron chi connectivity index (χ4n) is 1.43. The van der Waals surface area contributed by atoms with Crippen molar-refractivity contribution in [2.24, 2.45) is 5.92 Å². The van der Waals surface area contributed by atoms with Crippen molar-refractivity contribution in [1.82, 2.24) is 0 Å². The molecule has 0 spiro atoms. The minimum atomic E-state index is 0.433. The molecule has 1 atom stereocenters. The van der Waals surface area contributed by atoms with Gasteiger partial charge in [0.15, 0.2) is 0 Å². The van der Waals surface area contributed by atoms with Gasteiger partial charge in [-0.25, -0.2) is 0 Å². The quantitative estimate of drug-likeness (QED) is 0.685. The average molecular weight is 225 g/mol. The van der Waals surface area contributed by atoms with Crippen molar-refractivity contribution < 1.29 is 4.74 Å². The maximum Gasteiger partial charge on any atom is 0.122 e. The van der Waals surface area contributed by atoms with Crippen LogP contribution in [-0.2, 0) is 6.42 Å². The summed E-state index contributed by atoms with van der Waals surface area (Å²) >= 11 is 5.96. The van der Waals surface area contributed by atoms with Crippen LogP contribution in [-0.4, -0.2) is 6.61 Å². The van der Waals surface area contributed by atoms with Crippen LogP contribution >= 0.6 is 11.6 Å². The molecule has 1 aromatic carbocycles. The molecule has 0 bridgehead atoms. The van der Waals surface area contributed by atoms with Gasteiger partial charge in [0.2, 0.25) is 0 Å². The van der Waals surface area contributed by atoms with Gasteiger partial charge in [-0.15, -0.1) is 6.58 Å². The molecule has 0 radical (unpaired) electrons. The lowest BCUT2D eigenvalue weighted by molar-refractivity contribution is 0.335. The topological polar surface area (TPSA) is 9.23 Å². The lowest BCUT2D eigenvalue weighted by Crippen LogP contribution is -2.01. The average Bonchev–Trinajstić information content (AvgIpc) is 2.22. The van der Waals surface area contributed by atoms with Crippen molar-refractivity contribution in [2.45, 2.75) is 20.3 Å². The van der Waals surface area contributed by atoms with Crippen molar-refractivity contribution in [1.29, 1.82) is 0 Å². The number of rotatable bonds is 5. The smallest absolute Gasteiger partial charge is 0.122 e. The largest absolute Gasteiger partial charge is 0.494 e. The highest BCUT2D eigenvalue weighted by molar-refractivity contribution is 6.30. The number of allylic oxidation sites excluding steroid dienone is 1. The molecule has 0 heterocycles. The van der Waals surface area contributed by atoms with Crippen molar-refractivity contribution in [3.8, 4) is 5.75 Å². The molecule has 0 fully saturated rings. The Bertz CT molecular complexity index is 333. The van der Waals surface area contributed by atoms with Crippen molar-refractivity contribution in [3.63, 3.8) is 0 Å². The minimum absolute atomic E-state index is 0.433. The first-order valence-electron chi connectivity index (χ1n) is 5.21. The molecule has 0 saturated carbocycles. The fourth-order valence-corrected chi connectivity index (χ4v) is 1.63. The zero-order valence-electron chi connectivity index (χ0n) is 9.29. The first-order valence-corrected chi connectivity index (χ1v) is 5.59. The number of hydrogen-bond acceptors (Lipinski definition) is 1. The third kappa shape index (κ3) is 3.60. The molecule has 1 aromatic rings. The SMILES string of the molecule is C=CC(C)Cc1cc(Cl)ccc1OCC. The number of hydrogen-bond donors (Lipinski definition) is 0. The first kappa shape index (κ1) is 12.1. The second-order valence-electron chi connectivity index (χ2n) is 3.60. The van der Waals surface area contributed by atoms with Gasteiger partial charge in [-0.05, 0) is 43.0 Å². The molecule has 82 valence electrons. The van der Waals surface area contributed by atoms with Crippen LogP contribution in [0.15, 0.2) is 30.9 Å². The maximum atomic E-state index is 5.96. The van der Waals surface area contributed by atoms with Crippen LogP contribution < -0.4 is 4.74 Å². The van der Waals surface area contributed by atoms with Gasteiger partial charge in [0.25, 0.3) is 0 Å². The van der Waals surface area contributed by atoms with Gasteiger partial charge in [-0.3, -0.25) is 0 Å². The third-order valence-electron chi connectivity index (χ3n) is 2.27. The Morgan fingerprint density at radius 1 is 1.53 bits per heavy atom. The minimum Gasteiger partial charge on any atom is -0.494 e. The summed E-state index contributed by atoms with van der Waals surface area (Å²) in [5.74, 6) is 1.36. The highest BCUT2D eigenvalue weighted by Crippen LogP contribution is 2.25. The summed E-state index contributed by atoms with van der Waals surface area (Å²) in [5.41, 5.74) is 1.15. The van der Waals surface area contributed by atoms with E-state index in [9.17, 15) is 0 Å². The van der Waals surface area contributed by atoms with Crippen LogP contribution in [0.25, 0.3) is 0 Å². The van der Waals surface area contributed by atoms with Gasteiger partial charge < -0.3 is 4.74 Å².